The molecule has 1 fully saturated rings. The Bertz CT molecular complexity index is 794. The lowest BCUT2D eigenvalue weighted by Gasteiger charge is -2.42. The van der Waals surface area contributed by atoms with Crippen molar-refractivity contribution in [3.05, 3.63) is 60.2 Å². The van der Waals surface area contributed by atoms with Crippen LogP contribution >= 0.6 is 0 Å². The normalized spacial score (nSPS) is 24.2. The van der Waals surface area contributed by atoms with Gasteiger partial charge in [0.2, 0.25) is 0 Å². The molecule has 5 nitrogen and oxygen atoms in total. The standard InChI is InChI=1S/C24H30O5/c1-23(11-6-16-28-18-22(25)26)12-14-24(27,15-13-23)19-7-5-10-21(17-19)29-20-8-3-2-4-9-20/h2-5,7-10,17,27H,6,11-16,18H2,1H3,(H,25,26). The Morgan fingerprint density at radius 2 is 1.69 bits per heavy atom. The molecule has 1 saturated carbocycles. The molecule has 0 spiro atoms. The van der Waals surface area contributed by atoms with Crippen LogP contribution < -0.4 is 4.74 Å². The molecular weight excluding hydrogens is 368 g/mol. The first kappa shape index (κ1) is 21.3. The van der Waals surface area contributed by atoms with Crippen molar-refractivity contribution in [2.45, 2.75) is 51.0 Å². The number of hydrogen-bond acceptors (Lipinski definition) is 4. The predicted molar refractivity (Wildman–Crippen MR) is 111 cm³/mol. The van der Waals surface area contributed by atoms with E-state index in [-0.39, 0.29) is 12.0 Å². The van der Waals surface area contributed by atoms with Crippen molar-refractivity contribution in [2.75, 3.05) is 13.2 Å². The molecule has 2 aromatic rings. The fourth-order valence-corrected chi connectivity index (χ4v) is 4.04. The van der Waals surface area contributed by atoms with Gasteiger partial charge in [-0.15, -0.1) is 0 Å². The molecule has 1 aliphatic carbocycles. The first-order valence-electron chi connectivity index (χ1n) is 10.2. The van der Waals surface area contributed by atoms with Crippen molar-refractivity contribution in [3.63, 3.8) is 0 Å². The lowest BCUT2D eigenvalue weighted by Crippen LogP contribution is -2.36. The topological polar surface area (TPSA) is 76.0 Å². The van der Waals surface area contributed by atoms with E-state index >= 15 is 0 Å². The quantitative estimate of drug-likeness (QED) is 0.573. The van der Waals surface area contributed by atoms with Crippen molar-refractivity contribution < 1.29 is 24.5 Å². The van der Waals surface area contributed by atoms with Crippen LogP contribution in [0.5, 0.6) is 11.5 Å². The molecule has 0 radical (unpaired) electrons. The highest BCUT2D eigenvalue weighted by atomic mass is 16.5. The zero-order valence-corrected chi connectivity index (χ0v) is 17.0. The molecule has 0 aliphatic heterocycles. The predicted octanol–water partition coefficient (Wildman–Crippen LogP) is 5.13. The molecule has 2 aromatic carbocycles. The van der Waals surface area contributed by atoms with Gasteiger partial charge in [0.05, 0.1) is 5.60 Å². The van der Waals surface area contributed by atoms with Gasteiger partial charge in [0.15, 0.2) is 0 Å². The summed E-state index contributed by atoms with van der Waals surface area (Å²) in [6, 6.07) is 17.4. The Morgan fingerprint density at radius 1 is 1.00 bits per heavy atom. The number of para-hydroxylation sites is 1. The summed E-state index contributed by atoms with van der Waals surface area (Å²) in [5.41, 5.74) is 0.213. The van der Waals surface area contributed by atoms with E-state index in [0.29, 0.717) is 19.4 Å². The summed E-state index contributed by atoms with van der Waals surface area (Å²) in [5.74, 6) is 0.571. The molecule has 0 unspecified atom stereocenters. The average molecular weight is 398 g/mol. The first-order valence-corrected chi connectivity index (χ1v) is 10.2. The zero-order chi connectivity index (χ0) is 20.7. The second-order valence-electron chi connectivity index (χ2n) is 8.34. The molecule has 0 atom stereocenters. The van der Waals surface area contributed by atoms with Crippen molar-refractivity contribution in [2.24, 2.45) is 5.41 Å². The fourth-order valence-electron chi connectivity index (χ4n) is 4.04. The third-order valence-electron chi connectivity index (χ3n) is 5.93. The van der Waals surface area contributed by atoms with Gasteiger partial charge in [-0.3, -0.25) is 0 Å². The van der Waals surface area contributed by atoms with E-state index in [1.165, 1.54) is 0 Å². The molecule has 0 saturated heterocycles. The molecule has 1 aliphatic rings. The summed E-state index contributed by atoms with van der Waals surface area (Å²) in [6.07, 6.45) is 5.06. The fraction of sp³-hybridized carbons (Fsp3) is 0.458. The van der Waals surface area contributed by atoms with Crippen LogP contribution in [0, 0.1) is 5.41 Å². The van der Waals surface area contributed by atoms with Gasteiger partial charge in [0.25, 0.3) is 0 Å². The van der Waals surface area contributed by atoms with Gasteiger partial charge in [-0.05, 0) is 73.8 Å². The number of hydrogen-bond donors (Lipinski definition) is 2. The summed E-state index contributed by atoms with van der Waals surface area (Å²) in [7, 11) is 0. The summed E-state index contributed by atoms with van der Waals surface area (Å²) < 4.78 is 11.1. The van der Waals surface area contributed by atoms with Gasteiger partial charge in [-0.1, -0.05) is 37.3 Å². The molecule has 2 N–H and O–H groups in total. The van der Waals surface area contributed by atoms with Gasteiger partial charge in [-0.25, -0.2) is 4.79 Å². The minimum absolute atomic E-state index is 0.150. The van der Waals surface area contributed by atoms with E-state index in [2.05, 4.69) is 6.92 Å². The van der Waals surface area contributed by atoms with Crippen LogP contribution in [0.15, 0.2) is 54.6 Å². The number of ether oxygens (including phenoxy) is 2. The van der Waals surface area contributed by atoms with Gasteiger partial charge < -0.3 is 19.7 Å². The Hall–Kier alpha value is -2.37. The molecule has 0 aromatic heterocycles. The molecule has 3 rings (SSSR count). The SMILES string of the molecule is CC1(CCCOCC(=O)O)CCC(O)(c2cccc(Oc3ccccc3)c2)CC1. The van der Waals surface area contributed by atoms with Crippen molar-refractivity contribution in [1.29, 1.82) is 0 Å². The average Bonchev–Trinajstić information content (AvgIpc) is 2.71. The van der Waals surface area contributed by atoms with Gasteiger partial charge in [-0.2, -0.15) is 0 Å². The van der Waals surface area contributed by atoms with Crippen LogP contribution in [0.25, 0.3) is 0 Å². The van der Waals surface area contributed by atoms with Crippen molar-refractivity contribution in [1.82, 2.24) is 0 Å². The van der Waals surface area contributed by atoms with Gasteiger partial charge in [0, 0.05) is 6.61 Å². The number of aliphatic hydroxyl groups is 1. The number of benzene rings is 2. The monoisotopic (exact) mass is 398 g/mol. The number of carbonyl (C=O) groups is 1. The second-order valence-corrected chi connectivity index (χ2v) is 8.34. The van der Waals surface area contributed by atoms with Crippen LogP contribution in [-0.2, 0) is 15.1 Å². The summed E-state index contributed by atoms with van der Waals surface area (Å²) in [6.45, 7) is 2.47. The Kier molecular flexibility index (Phi) is 6.93. The van der Waals surface area contributed by atoms with Crippen LogP contribution in [0.3, 0.4) is 0 Å². The van der Waals surface area contributed by atoms with Crippen molar-refractivity contribution >= 4 is 5.97 Å². The smallest absolute Gasteiger partial charge is 0.329 e. The summed E-state index contributed by atoms with van der Waals surface area (Å²) in [5, 5.41) is 19.9. The maximum atomic E-state index is 11.3. The van der Waals surface area contributed by atoms with E-state index in [0.717, 1.165) is 42.7 Å². The molecule has 29 heavy (non-hydrogen) atoms. The van der Waals surface area contributed by atoms with E-state index < -0.39 is 11.6 Å². The lowest BCUT2D eigenvalue weighted by atomic mass is 9.66. The zero-order valence-electron chi connectivity index (χ0n) is 17.0. The van der Waals surface area contributed by atoms with Gasteiger partial charge in [0.1, 0.15) is 18.1 Å². The highest BCUT2D eigenvalue weighted by molar-refractivity contribution is 5.67. The number of carboxylic acids is 1. The summed E-state index contributed by atoms with van der Waals surface area (Å²) in [4.78, 5) is 10.5. The summed E-state index contributed by atoms with van der Waals surface area (Å²) >= 11 is 0. The number of rotatable bonds is 9. The highest BCUT2D eigenvalue weighted by Gasteiger charge is 2.39. The molecule has 5 heteroatoms. The third kappa shape index (κ3) is 6.05. The van der Waals surface area contributed by atoms with Crippen LogP contribution in [0.4, 0.5) is 0 Å². The number of carboxylic acid groups (broad SMARTS) is 1. The molecule has 0 heterocycles. The van der Waals surface area contributed by atoms with E-state index in [1.54, 1.807) is 0 Å². The molecular formula is C24H30O5. The van der Waals surface area contributed by atoms with E-state index in [1.807, 2.05) is 54.6 Å². The van der Waals surface area contributed by atoms with Crippen LogP contribution in [0.2, 0.25) is 0 Å². The Morgan fingerprint density at radius 3 is 2.38 bits per heavy atom. The Balaban J connectivity index is 1.56. The highest BCUT2D eigenvalue weighted by Crippen LogP contribution is 2.48. The van der Waals surface area contributed by atoms with E-state index in [9.17, 15) is 9.90 Å². The van der Waals surface area contributed by atoms with Crippen LogP contribution in [-0.4, -0.2) is 29.4 Å². The minimum Gasteiger partial charge on any atom is -0.480 e. The van der Waals surface area contributed by atoms with Crippen LogP contribution in [0.1, 0.15) is 51.0 Å². The third-order valence-corrected chi connectivity index (χ3v) is 5.93. The Labute approximate surface area is 172 Å². The molecule has 0 amide bonds. The maximum absolute atomic E-state index is 11.3. The largest absolute Gasteiger partial charge is 0.480 e. The first-order chi connectivity index (χ1) is 13.9. The van der Waals surface area contributed by atoms with Gasteiger partial charge >= 0.3 is 5.97 Å². The lowest BCUT2D eigenvalue weighted by molar-refractivity contribution is -0.142. The molecule has 0 bridgehead atoms. The second kappa shape index (κ2) is 9.42. The molecule has 156 valence electrons. The van der Waals surface area contributed by atoms with E-state index in [4.69, 9.17) is 14.6 Å². The minimum atomic E-state index is -0.933. The van der Waals surface area contributed by atoms with Crippen molar-refractivity contribution in [3.8, 4) is 11.5 Å². The number of aliphatic carboxylic acids is 1. The maximum Gasteiger partial charge on any atom is 0.329 e.